The molecule has 3 rings (SSSR count). The van der Waals surface area contributed by atoms with E-state index in [1.165, 1.54) is 4.57 Å². The van der Waals surface area contributed by atoms with Gasteiger partial charge in [-0.15, -0.1) is 0 Å². The number of nitrogens with zero attached hydrogens (tertiary/aromatic N) is 1. The minimum absolute atomic E-state index is 0.123. The molecule has 11 heteroatoms. The van der Waals surface area contributed by atoms with Crippen LogP contribution in [-0.4, -0.2) is 30.0 Å². The van der Waals surface area contributed by atoms with E-state index in [9.17, 15) is 40.6 Å². The Labute approximate surface area is 153 Å². The van der Waals surface area contributed by atoms with Crippen LogP contribution in [0.2, 0.25) is 0 Å². The molecule has 0 N–H and O–H groups in total. The fourth-order valence-electron chi connectivity index (χ4n) is 3.87. The Morgan fingerprint density at radius 2 is 1.79 bits per heavy atom. The third kappa shape index (κ3) is 2.83. The highest BCUT2D eigenvalue weighted by atomic mass is 19.4. The van der Waals surface area contributed by atoms with Gasteiger partial charge in [0.1, 0.15) is 5.82 Å². The number of hydrogen-bond donors (Lipinski definition) is 0. The average Bonchev–Trinajstić information content (AvgIpc) is 3.06. The van der Waals surface area contributed by atoms with E-state index in [0.717, 1.165) is 12.1 Å². The fourth-order valence-corrected chi connectivity index (χ4v) is 3.87. The summed E-state index contributed by atoms with van der Waals surface area (Å²) in [7, 11) is 0.250. The van der Waals surface area contributed by atoms with Crippen molar-refractivity contribution in [1.29, 1.82) is 0 Å². The first-order chi connectivity index (χ1) is 12.8. The van der Waals surface area contributed by atoms with Crippen LogP contribution in [-0.2, 0) is 21.7 Å². The maximum atomic E-state index is 14.1. The summed E-state index contributed by atoms with van der Waals surface area (Å²) >= 11 is 0. The summed E-state index contributed by atoms with van der Waals surface area (Å²) < 4.78 is 101. The Bertz CT molecular complexity index is 915. The van der Waals surface area contributed by atoms with E-state index in [0.29, 0.717) is 6.42 Å². The molecule has 0 radical (unpaired) electrons. The average molecular weight is 412 g/mol. The Morgan fingerprint density at radius 3 is 2.29 bits per heavy atom. The quantitative estimate of drug-likeness (QED) is 0.724. The van der Waals surface area contributed by atoms with E-state index in [4.69, 9.17) is 0 Å². The number of aromatic nitrogens is 1. The van der Waals surface area contributed by atoms with Gasteiger partial charge in [0.15, 0.2) is 0 Å². The van der Waals surface area contributed by atoms with Crippen molar-refractivity contribution in [2.24, 2.45) is 0 Å². The van der Waals surface area contributed by atoms with Gasteiger partial charge in [0.2, 0.25) is 0 Å². The highest BCUT2D eigenvalue weighted by Gasteiger charge is 2.73. The molecule has 0 saturated heterocycles. The molecule has 0 spiro atoms. The van der Waals surface area contributed by atoms with Crippen LogP contribution < -0.4 is 5.11 Å². The van der Waals surface area contributed by atoms with Gasteiger partial charge < -0.3 is 19.2 Å². The third-order valence-corrected chi connectivity index (χ3v) is 5.03. The molecule has 1 unspecified atom stereocenters. The van der Waals surface area contributed by atoms with Gasteiger partial charge in [0.25, 0.3) is 5.60 Å². The monoisotopic (exact) mass is 412 g/mol. The van der Waals surface area contributed by atoms with E-state index in [1.807, 2.05) is 0 Å². The number of carboxylic acids is 1. The Hall–Kier alpha value is -2.30. The second-order valence-electron chi connectivity index (χ2n) is 6.55. The number of carboxylic acid groups (broad SMARTS) is 1. The van der Waals surface area contributed by atoms with Crippen molar-refractivity contribution in [3.63, 3.8) is 0 Å². The zero-order valence-corrected chi connectivity index (χ0v) is 14.2. The largest absolute Gasteiger partial charge is 0.550 e. The molecule has 0 amide bonds. The van der Waals surface area contributed by atoms with E-state index < -0.39 is 53.0 Å². The van der Waals surface area contributed by atoms with Crippen molar-refractivity contribution in [2.45, 2.75) is 43.3 Å². The number of carbonyl (C=O) groups excluding carboxylic acids is 1. The lowest BCUT2D eigenvalue weighted by Crippen LogP contribution is -2.55. The molecule has 4 nitrogen and oxygen atoms in total. The first kappa shape index (κ1) is 20.4. The molecule has 0 aliphatic carbocycles. The lowest BCUT2D eigenvalue weighted by Gasteiger charge is -2.36. The Balaban J connectivity index is 2.34. The van der Waals surface area contributed by atoms with Gasteiger partial charge in [0, 0.05) is 42.2 Å². The molecule has 1 aliphatic heterocycles. The van der Waals surface area contributed by atoms with Crippen molar-refractivity contribution in [1.82, 2.24) is 4.57 Å². The molecule has 154 valence electrons. The summed E-state index contributed by atoms with van der Waals surface area (Å²) in [5, 5.41) is 10.4. The highest BCUT2D eigenvalue weighted by Crippen LogP contribution is 2.54. The Morgan fingerprint density at radius 1 is 1.18 bits per heavy atom. The number of hydrogen-bond acceptors (Lipinski definition) is 3. The zero-order valence-electron chi connectivity index (χ0n) is 14.2. The maximum absolute atomic E-state index is 14.1. The van der Waals surface area contributed by atoms with Crippen molar-refractivity contribution < 1.29 is 45.4 Å². The van der Waals surface area contributed by atoms with Crippen LogP contribution in [0.3, 0.4) is 0 Å². The molecule has 1 aromatic heterocycles. The number of fused-ring (bicyclic) bond motifs is 3. The van der Waals surface area contributed by atoms with E-state index in [-0.39, 0.29) is 30.9 Å². The minimum Gasteiger partial charge on any atom is -0.550 e. The van der Waals surface area contributed by atoms with E-state index >= 15 is 0 Å². The normalized spacial score (nSPS) is 17.9. The first-order valence-corrected chi connectivity index (χ1v) is 8.05. The molecule has 1 atom stereocenters. The van der Waals surface area contributed by atoms with Crippen molar-refractivity contribution in [3.8, 4) is 0 Å². The molecule has 1 aliphatic rings. The number of halogens is 7. The summed E-state index contributed by atoms with van der Waals surface area (Å²) in [5.41, 5.74) is -6.16. The lowest BCUT2D eigenvalue weighted by molar-refractivity contribution is -0.382. The van der Waals surface area contributed by atoms with Crippen LogP contribution in [0.5, 0.6) is 0 Å². The van der Waals surface area contributed by atoms with Gasteiger partial charge in [0.05, 0.1) is 5.52 Å². The molecule has 1 aromatic carbocycles. The van der Waals surface area contributed by atoms with Crippen molar-refractivity contribution in [2.75, 3.05) is 7.11 Å². The SMILES string of the molecule is COC(c1cc(F)cc2c1cc1n2CCC1CC(=O)[O-])(C(F)(F)F)C(F)(F)F. The van der Waals surface area contributed by atoms with Gasteiger partial charge >= 0.3 is 12.4 Å². The smallest absolute Gasteiger partial charge is 0.430 e. The molecule has 2 aromatic rings. The van der Waals surface area contributed by atoms with Crippen LogP contribution in [0, 0.1) is 5.82 Å². The summed E-state index contributed by atoms with van der Waals surface area (Å²) in [6.07, 6.45) is -12.0. The lowest BCUT2D eigenvalue weighted by atomic mass is 9.88. The van der Waals surface area contributed by atoms with Gasteiger partial charge in [-0.3, -0.25) is 0 Å². The Kier molecular flexibility index (Phi) is 4.64. The van der Waals surface area contributed by atoms with Crippen LogP contribution >= 0.6 is 0 Å². The molecule has 0 fully saturated rings. The first-order valence-electron chi connectivity index (χ1n) is 8.05. The molecule has 0 bridgehead atoms. The van der Waals surface area contributed by atoms with Gasteiger partial charge in [-0.1, -0.05) is 0 Å². The van der Waals surface area contributed by atoms with Crippen LogP contribution in [0.15, 0.2) is 18.2 Å². The maximum Gasteiger partial charge on any atom is 0.430 e. The molecular formula is C17H13F7NO3-. The summed E-state index contributed by atoms with van der Waals surface area (Å²) in [6.45, 7) is 0.123. The number of rotatable bonds is 4. The number of aliphatic carboxylic acids is 1. The second kappa shape index (κ2) is 6.36. The van der Waals surface area contributed by atoms with Gasteiger partial charge in [-0.2, -0.15) is 26.3 Å². The summed E-state index contributed by atoms with van der Waals surface area (Å²) in [4.78, 5) is 10.9. The highest BCUT2D eigenvalue weighted by molar-refractivity contribution is 5.87. The van der Waals surface area contributed by atoms with E-state index in [1.54, 1.807) is 0 Å². The molecule has 28 heavy (non-hydrogen) atoms. The second-order valence-corrected chi connectivity index (χ2v) is 6.55. The predicted molar refractivity (Wildman–Crippen MR) is 79.7 cm³/mol. The number of benzene rings is 1. The number of methoxy groups -OCH3 is 1. The number of carbonyl (C=O) groups is 1. The molecule has 2 heterocycles. The predicted octanol–water partition coefficient (Wildman–Crippen LogP) is 3.37. The van der Waals surface area contributed by atoms with E-state index in [2.05, 4.69) is 4.74 Å². The molecule has 0 saturated carbocycles. The van der Waals surface area contributed by atoms with Crippen molar-refractivity contribution in [3.05, 3.63) is 35.3 Å². The third-order valence-electron chi connectivity index (χ3n) is 5.03. The van der Waals surface area contributed by atoms with Gasteiger partial charge in [-0.05, 0) is 31.0 Å². The van der Waals surface area contributed by atoms with Gasteiger partial charge in [-0.25, -0.2) is 4.39 Å². The van der Waals surface area contributed by atoms with Crippen molar-refractivity contribution >= 4 is 16.9 Å². The summed E-state index contributed by atoms with van der Waals surface area (Å²) in [5.74, 6) is -3.38. The number of alkyl halides is 6. The molecular weight excluding hydrogens is 399 g/mol. The zero-order chi connectivity index (χ0) is 21.1. The standard InChI is InChI=1S/C17H14F7NO3/c1-28-15(16(19,20)21,17(22,23)24)11-5-9(18)6-13-10(11)7-12-8(4-14(26)27)2-3-25(12)13/h5-8H,2-4H2,1H3,(H,26,27)/p-1. The van der Waals surface area contributed by atoms with Crippen LogP contribution in [0.1, 0.15) is 30.0 Å². The number of aryl methyl sites for hydroxylation is 1. The van der Waals surface area contributed by atoms with Crippen LogP contribution in [0.4, 0.5) is 30.7 Å². The fraction of sp³-hybridized carbons (Fsp3) is 0.471. The number of ether oxygens (including phenoxy) is 1. The minimum atomic E-state index is -5.93. The van der Waals surface area contributed by atoms with Crippen LogP contribution in [0.25, 0.3) is 10.9 Å². The topological polar surface area (TPSA) is 54.3 Å². The summed E-state index contributed by atoms with van der Waals surface area (Å²) in [6, 6.07) is 2.00.